The molecule has 8 heteroatoms. The highest BCUT2D eigenvalue weighted by Gasteiger charge is 2.35. The van der Waals surface area contributed by atoms with Gasteiger partial charge in [-0.2, -0.15) is 0 Å². The monoisotopic (exact) mass is 430 g/mol. The van der Waals surface area contributed by atoms with Crippen molar-refractivity contribution in [1.29, 1.82) is 0 Å². The maximum absolute atomic E-state index is 12.8. The highest BCUT2D eigenvalue weighted by atomic mass is 16.5. The van der Waals surface area contributed by atoms with E-state index in [4.69, 9.17) is 4.74 Å². The van der Waals surface area contributed by atoms with Crippen molar-refractivity contribution in [3.05, 3.63) is 83.8 Å². The highest BCUT2D eigenvalue weighted by Crippen LogP contribution is 2.20. The smallest absolute Gasteiger partial charge is 0.329 e. The molecule has 0 atom stereocenters. The molecule has 1 fully saturated rings. The molecule has 1 aromatic heterocycles. The van der Waals surface area contributed by atoms with Crippen molar-refractivity contribution < 1.29 is 19.1 Å². The third-order valence-electron chi connectivity index (χ3n) is 5.02. The molecule has 1 aliphatic rings. The second-order valence-corrected chi connectivity index (χ2v) is 7.29. The fraction of sp³-hybridized carbons (Fsp3) is 0.125. The van der Waals surface area contributed by atoms with E-state index in [2.05, 4.69) is 10.6 Å². The van der Waals surface area contributed by atoms with Gasteiger partial charge in [-0.05, 0) is 61.5 Å². The molecule has 2 N–H and O–H groups in total. The quantitative estimate of drug-likeness (QED) is 0.464. The summed E-state index contributed by atoms with van der Waals surface area (Å²) < 4.78 is 7.06. The Morgan fingerprint density at radius 1 is 1.06 bits per heavy atom. The molecule has 3 aromatic rings. The minimum Gasteiger partial charge on any atom is -0.497 e. The van der Waals surface area contributed by atoms with Crippen molar-refractivity contribution in [3.8, 4) is 11.4 Å². The van der Waals surface area contributed by atoms with Crippen LogP contribution in [0.15, 0.2) is 72.6 Å². The van der Waals surface area contributed by atoms with Crippen molar-refractivity contribution in [2.24, 2.45) is 0 Å². The van der Waals surface area contributed by atoms with Crippen LogP contribution in [-0.2, 0) is 9.59 Å². The molecule has 32 heavy (non-hydrogen) atoms. The summed E-state index contributed by atoms with van der Waals surface area (Å²) in [5.74, 6) is -0.282. The molecule has 0 bridgehead atoms. The van der Waals surface area contributed by atoms with Crippen molar-refractivity contribution in [1.82, 2.24) is 14.8 Å². The van der Waals surface area contributed by atoms with Gasteiger partial charge >= 0.3 is 6.03 Å². The van der Waals surface area contributed by atoms with Crippen LogP contribution in [0.3, 0.4) is 0 Å². The highest BCUT2D eigenvalue weighted by molar-refractivity contribution is 6.15. The number of urea groups is 1. The van der Waals surface area contributed by atoms with E-state index in [1.165, 1.54) is 0 Å². The molecule has 0 spiro atoms. The number of anilines is 1. The van der Waals surface area contributed by atoms with Gasteiger partial charge in [-0.15, -0.1) is 0 Å². The summed E-state index contributed by atoms with van der Waals surface area (Å²) in [6.07, 6.45) is 3.44. The van der Waals surface area contributed by atoms with E-state index in [1.807, 2.05) is 66.2 Å². The van der Waals surface area contributed by atoms with Gasteiger partial charge in [0.1, 0.15) is 18.0 Å². The number of carbonyl (C=O) groups excluding carboxylic acids is 3. The lowest BCUT2D eigenvalue weighted by Crippen LogP contribution is -2.38. The standard InChI is InChI=1S/C24H22N4O4/c1-16-5-7-17(8-6-16)25-22(29)15-28-23(30)21(26-24(28)31)14-19-4-3-13-27(19)18-9-11-20(32-2)12-10-18/h3-14H,15H2,1-2H3,(H,25,29)(H,26,31). The zero-order valence-electron chi connectivity index (χ0n) is 17.7. The fourth-order valence-electron chi connectivity index (χ4n) is 3.33. The molecule has 4 amide bonds. The first kappa shape index (κ1) is 20.9. The number of methoxy groups -OCH3 is 1. The van der Waals surface area contributed by atoms with Crippen LogP contribution in [0.2, 0.25) is 0 Å². The Morgan fingerprint density at radius 3 is 2.47 bits per heavy atom. The van der Waals surface area contributed by atoms with Gasteiger partial charge in [0.15, 0.2) is 0 Å². The fourth-order valence-corrected chi connectivity index (χ4v) is 3.33. The number of ether oxygens (including phenoxy) is 1. The van der Waals surface area contributed by atoms with Gasteiger partial charge < -0.3 is 19.9 Å². The average Bonchev–Trinajstić information content (AvgIpc) is 3.35. The zero-order valence-corrected chi connectivity index (χ0v) is 17.7. The number of rotatable bonds is 6. The summed E-state index contributed by atoms with van der Waals surface area (Å²) in [6, 6.07) is 17.7. The van der Waals surface area contributed by atoms with E-state index in [0.717, 1.165) is 21.9 Å². The van der Waals surface area contributed by atoms with Crippen LogP contribution in [-0.4, -0.2) is 41.0 Å². The second-order valence-electron chi connectivity index (χ2n) is 7.29. The maximum Gasteiger partial charge on any atom is 0.329 e. The van der Waals surface area contributed by atoms with Gasteiger partial charge in [0, 0.05) is 23.3 Å². The van der Waals surface area contributed by atoms with E-state index < -0.39 is 17.8 Å². The molecular formula is C24H22N4O4. The van der Waals surface area contributed by atoms with Gasteiger partial charge in [0.2, 0.25) is 5.91 Å². The van der Waals surface area contributed by atoms with Crippen LogP contribution >= 0.6 is 0 Å². The predicted octanol–water partition coefficient (Wildman–Crippen LogP) is 3.33. The van der Waals surface area contributed by atoms with E-state index in [0.29, 0.717) is 11.4 Å². The Hall–Kier alpha value is -4.33. The first-order valence-corrected chi connectivity index (χ1v) is 9.97. The van der Waals surface area contributed by atoms with Gasteiger partial charge in [-0.3, -0.25) is 9.59 Å². The Bertz CT molecular complexity index is 1190. The Balaban J connectivity index is 1.48. The lowest BCUT2D eigenvalue weighted by molar-refractivity contribution is -0.127. The first-order valence-electron chi connectivity index (χ1n) is 9.97. The number of aryl methyl sites for hydroxylation is 1. The maximum atomic E-state index is 12.8. The molecule has 1 aliphatic heterocycles. The minimum absolute atomic E-state index is 0.103. The normalized spacial score (nSPS) is 14.6. The van der Waals surface area contributed by atoms with Gasteiger partial charge in [0.25, 0.3) is 5.91 Å². The molecule has 8 nitrogen and oxygen atoms in total. The lowest BCUT2D eigenvalue weighted by atomic mass is 10.2. The number of nitrogens with one attached hydrogen (secondary N) is 2. The van der Waals surface area contributed by atoms with Crippen LogP contribution in [0.4, 0.5) is 10.5 Å². The summed E-state index contributed by atoms with van der Waals surface area (Å²) in [5.41, 5.74) is 3.33. The predicted molar refractivity (Wildman–Crippen MR) is 120 cm³/mol. The van der Waals surface area contributed by atoms with E-state index in [-0.39, 0.29) is 12.2 Å². The number of carbonyl (C=O) groups is 3. The number of aromatic nitrogens is 1. The summed E-state index contributed by atoms with van der Waals surface area (Å²) in [6.45, 7) is 1.56. The van der Waals surface area contributed by atoms with E-state index in [9.17, 15) is 14.4 Å². The Labute approximate surface area is 185 Å². The van der Waals surface area contributed by atoms with Crippen LogP contribution in [0.25, 0.3) is 11.8 Å². The molecule has 1 saturated heterocycles. The number of imide groups is 1. The third-order valence-corrected chi connectivity index (χ3v) is 5.02. The van der Waals surface area contributed by atoms with Crippen LogP contribution in [0.1, 0.15) is 11.3 Å². The average molecular weight is 430 g/mol. The van der Waals surface area contributed by atoms with Crippen molar-refractivity contribution in [2.45, 2.75) is 6.92 Å². The molecule has 2 heterocycles. The zero-order chi connectivity index (χ0) is 22.7. The minimum atomic E-state index is -0.636. The number of amides is 4. The van der Waals surface area contributed by atoms with Gasteiger partial charge in [-0.1, -0.05) is 17.7 Å². The summed E-state index contributed by atoms with van der Waals surface area (Å²) in [4.78, 5) is 38.3. The van der Waals surface area contributed by atoms with Crippen LogP contribution in [0.5, 0.6) is 5.75 Å². The van der Waals surface area contributed by atoms with Gasteiger partial charge in [0.05, 0.1) is 7.11 Å². The Morgan fingerprint density at radius 2 is 1.78 bits per heavy atom. The summed E-state index contributed by atoms with van der Waals surface area (Å²) in [5, 5.41) is 5.24. The van der Waals surface area contributed by atoms with Crippen molar-refractivity contribution in [3.63, 3.8) is 0 Å². The molecular weight excluding hydrogens is 408 g/mol. The molecule has 0 saturated carbocycles. The number of nitrogens with zero attached hydrogens (tertiary/aromatic N) is 2. The van der Waals surface area contributed by atoms with Crippen molar-refractivity contribution in [2.75, 3.05) is 19.0 Å². The van der Waals surface area contributed by atoms with Crippen LogP contribution in [0, 0.1) is 6.92 Å². The SMILES string of the molecule is COc1ccc(-n2cccc2C=C2NC(=O)N(CC(=O)Nc3ccc(C)cc3)C2=O)cc1. The molecule has 2 aromatic carbocycles. The first-order chi connectivity index (χ1) is 15.4. The molecule has 0 unspecified atom stereocenters. The van der Waals surface area contributed by atoms with Gasteiger partial charge in [-0.25, -0.2) is 9.69 Å². The molecule has 0 radical (unpaired) electrons. The topological polar surface area (TPSA) is 92.7 Å². The number of hydrogen-bond donors (Lipinski definition) is 2. The molecule has 0 aliphatic carbocycles. The summed E-state index contributed by atoms with van der Waals surface area (Å²) >= 11 is 0. The lowest BCUT2D eigenvalue weighted by Gasteiger charge is -2.12. The number of hydrogen-bond acceptors (Lipinski definition) is 4. The van der Waals surface area contributed by atoms with E-state index in [1.54, 1.807) is 25.3 Å². The van der Waals surface area contributed by atoms with Crippen molar-refractivity contribution >= 4 is 29.6 Å². The Kier molecular flexibility index (Phi) is 5.76. The third kappa shape index (κ3) is 4.39. The summed E-state index contributed by atoms with van der Waals surface area (Å²) in [7, 11) is 1.60. The molecule has 162 valence electrons. The number of benzene rings is 2. The van der Waals surface area contributed by atoms with Crippen LogP contribution < -0.4 is 15.4 Å². The molecule has 4 rings (SSSR count). The van der Waals surface area contributed by atoms with E-state index >= 15 is 0 Å². The largest absolute Gasteiger partial charge is 0.497 e. The second kappa shape index (κ2) is 8.81.